The molecule has 1 aromatic heterocycles. The standard InChI is InChI=1S/C11H14BrNO2/c1-6(2)13-5-9-7(10(13)12)3-4-8(9)11(14)15/h5-6,8H,3-4H2,1-2H3,(H,14,15). The van der Waals surface area contributed by atoms with Crippen LogP contribution in [0.15, 0.2) is 10.8 Å². The summed E-state index contributed by atoms with van der Waals surface area (Å²) in [6, 6.07) is 0.361. The highest BCUT2D eigenvalue weighted by Gasteiger charge is 2.32. The van der Waals surface area contributed by atoms with Crippen LogP contribution in [0.5, 0.6) is 0 Å². The van der Waals surface area contributed by atoms with Gasteiger partial charge in [-0.3, -0.25) is 4.79 Å². The summed E-state index contributed by atoms with van der Waals surface area (Å²) < 4.78 is 3.15. The summed E-state index contributed by atoms with van der Waals surface area (Å²) in [5.41, 5.74) is 2.17. The first kappa shape index (κ1) is 10.7. The van der Waals surface area contributed by atoms with Gasteiger partial charge in [-0.15, -0.1) is 0 Å². The Morgan fingerprint density at radius 3 is 2.87 bits per heavy atom. The van der Waals surface area contributed by atoms with Crippen LogP contribution < -0.4 is 0 Å². The molecule has 0 radical (unpaired) electrons. The second kappa shape index (κ2) is 3.67. The van der Waals surface area contributed by atoms with Crippen LogP contribution in [0.2, 0.25) is 0 Å². The van der Waals surface area contributed by atoms with Crippen LogP contribution in [0.25, 0.3) is 0 Å². The molecule has 4 heteroatoms. The molecule has 1 unspecified atom stereocenters. The van der Waals surface area contributed by atoms with Crippen molar-refractivity contribution in [3.8, 4) is 0 Å². The first-order valence-corrected chi connectivity index (χ1v) is 5.93. The van der Waals surface area contributed by atoms with Gasteiger partial charge in [0.05, 0.1) is 10.5 Å². The van der Waals surface area contributed by atoms with Gasteiger partial charge >= 0.3 is 5.97 Å². The molecule has 1 aliphatic rings. The van der Waals surface area contributed by atoms with Crippen molar-refractivity contribution in [3.05, 3.63) is 21.9 Å². The summed E-state index contributed by atoms with van der Waals surface area (Å²) in [5.74, 6) is -1.02. The third-order valence-corrected chi connectivity index (χ3v) is 3.90. The zero-order valence-corrected chi connectivity index (χ0v) is 10.4. The number of aliphatic carboxylic acids is 1. The van der Waals surface area contributed by atoms with E-state index < -0.39 is 5.97 Å². The summed E-state index contributed by atoms with van der Waals surface area (Å²) in [6.45, 7) is 4.19. The van der Waals surface area contributed by atoms with E-state index in [4.69, 9.17) is 5.11 Å². The van der Waals surface area contributed by atoms with Gasteiger partial charge in [0.2, 0.25) is 0 Å². The van der Waals surface area contributed by atoms with E-state index in [1.165, 1.54) is 5.56 Å². The zero-order valence-electron chi connectivity index (χ0n) is 8.83. The van der Waals surface area contributed by atoms with Crippen LogP contribution in [0.3, 0.4) is 0 Å². The van der Waals surface area contributed by atoms with Crippen LogP contribution in [-0.2, 0) is 11.2 Å². The lowest BCUT2D eigenvalue weighted by Crippen LogP contribution is -2.08. The van der Waals surface area contributed by atoms with Crippen molar-refractivity contribution >= 4 is 21.9 Å². The third-order valence-electron chi connectivity index (χ3n) is 3.02. The number of halogens is 1. The predicted molar refractivity (Wildman–Crippen MR) is 61.2 cm³/mol. The highest BCUT2D eigenvalue weighted by molar-refractivity contribution is 9.10. The van der Waals surface area contributed by atoms with Gasteiger partial charge in [-0.1, -0.05) is 0 Å². The van der Waals surface area contributed by atoms with Gasteiger partial charge in [0, 0.05) is 12.2 Å². The van der Waals surface area contributed by atoms with Crippen molar-refractivity contribution < 1.29 is 9.90 Å². The van der Waals surface area contributed by atoms with Gasteiger partial charge in [-0.05, 0) is 53.7 Å². The van der Waals surface area contributed by atoms with Crippen molar-refractivity contribution in [3.63, 3.8) is 0 Å². The zero-order chi connectivity index (χ0) is 11.2. The van der Waals surface area contributed by atoms with Gasteiger partial charge in [0.15, 0.2) is 0 Å². The third kappa shape index (κ3) is 1.61. The fraction of sp³-hybridized carbons (Fsp3) is 0.545. The number of hydrogen-bond donors (Lipinski definition) is 1. The summed E-state index contributed by atoms with van der Waals surface area (Å²) in [6.07, 6.45) is 3.58. The molecule has 0 saturated carbocycles. The fourth-order valence-corrected chi connectivity index (χ4v) is 3.12. The lowest BCUT2D eigenvalue weighted by Gasteiger charge is -2.10. The number of aromatic nitrogens is 1. The number of fused-ring (bicyclic) bond motifs is 1. The second-order valence-electron chi connectivity index (χ2n) is 4.28. The molecule has 0 aromatic carbocycles. The molecule has 1 aromatic rings. The van der Waals surface area contributed by atoms with E-state index in [0.717, 1.165) is 23.0 Å². The molecular formula is C11H14BrNO2. The fourth-order valence-electron chi connectivity index (χ4n) is 2.18. The van der Waals surface area contributed by atoms with E-state index in [9.17, 15) is 4.79 Å². The maximum atomic E-state index is 11.0. The minimum Gasteiger partial charge on any atom is -0.481 e. The Bertz CT molecular complexity index is 409. The van der Waals surface area contributed by atoms with Gasteiger partial charge in [-0.25, -0.2) is 0 Å². The quantitative estimate of drug-likeness (QED) is 0.899. The van der Waals surface area contributed by atoms with Gasteiger partial charge in [0.25, 0.3) is 0 Å². The molecule has 1 atom stereocenters. The largest absolute Gasteiger partial charge is 0.481 e. The smallest absolute Gasteiger partial charge is 0.311 e. The Morgan fingerprint density at radius 1 is 1.67 bits per heavy atom. The van der Waals surface area contributed by atoms with Crippen LogP contribution in [0.4, 0.5) is 0 Å². The van der Waals surface area contributed by atoms with Crippen molar-refractivity contribution in [1.82, 2.24) is 4.57 Å². The summed E-state index contributed by atoms with van der Waals surface area (Å²) in [5, 5.41) is 9.07. The van der Waals surface area contributed by atoms with Gasteiger partial charge in [0.1, 0.15) is 0 Å². The first-order chi connectivity index (χ1) is 7.02. The Labute approximate surface area is 97.2 Å². The second-order valence-corrected chi connectivity index (χ2v) is 5.04. The molecule has 15 heavy (non-hydrogen) atoms. The van der Waals surface area contributed by atoms with E-state index in [-0.39, 0.29) is 5.92 Å². The Kier molecular flexibility index (Phi) is 2.63. The first-order valence-electron chi connectivity index (χ1n) is 5.14. The normalized spacial score (nSPS) is 19.6. The summed E-state index contributed by atoms with van der Waals surface area (Å²) in [7, 11) is 0. The number of rotatable bonds is 2. The lowest BCUT2D eigenvalue weighted by atomic mass is 10.1. The number of carbonyl (C=O) groups is 1. The Hall–Kier alpha value is -0.770. The molecule has 0 fully saturated rings. The van der Waals surface area contributed by atoms with Crippen LogP contribution >= 0.6 is 15.9 Å². The Balaban J connectivity index is 2.46. The molecular weight excluding hydrogens is 258 g/mol. The highest BCUT2D eigenvalue weighted by atomic mass is 79.9. The van der Waals surface area contributed by atoms with E-state index in [1.54, 1.807) is 0 Å². The molecule has 1 aliphatic carbocycles. The molecule has 2 rings (SSSR count). The van der Waals surface area contributed by atoms with E-state index >= 15 is 0 Å². The number of carboxylic acid groups (broad SMARTS) is 1. The maximum absolute atomic E-state index is 11.0. The molecule has 0 bridgehead atoms. The number of nitrogens with zero attached hydrogens (tertiary/aromatic N) is 1. The summed E-state index contributed by atoms with van der Waals surface area (Å²) >= 11 is 3.55. The van der Waals surface area contributed by atoms with Crippen molar-refractivity contribution in [2.75, 3.05) is 0 Å². The van der Waals surface area contributed by atoms with Crippen LogP contribution in [0.1, 0.15) is 43.4 Å². The molecule has 0 amide bonds. The van der Waals surface area contributed by atoms with Crippen LogP contribution in [-0.4, -0.2) is 15.6 Å². The van der Waals surface area contributed by atoms with Crippen molar-refractivity contribution in [1.29, 1.82) is 0 Å². The predicted octanol–water partition coefficient (Wildman–Crippen LogP) is 2.95. The molecule has 0 aliphatic heterocycles. The van der Waals surface area contributed by atoms with Crippen LogP contribution in [0, 0.1) is 0 Å². The monoisotopic (exact) mass is 271 g/mol. The molecule has 0 spiro atoms. The van der Waals surface area contributed by atoms with E-state index in [1.807, 2.05) is 6.20 Å². The summed E-state index contributed by atoms with van der Waals surface area (Å²) in [4.78, 5) is 11.0. The molecule has 82 valence electrons. The number of carboxylic acids is 1. The average molecular weight is 272 g/mol. The van der Waals surface area contributed by atoms with E-state index in [0.29, 0.717) is 6.04 Å². The highest BCUT2D eigenvalue weighted by Crippen LogP contribution is 2.39. The average Bonchev–Trinajstić information content (AvgIpc) is 2.66. The number of hydrogen-bond acceptors (Lipinski definition) is 1. The van der Waals surface area contributed by atoms with Crippen molar-refractivity contribution in [2.45, 2.75) is 38.6 Å². The Morgan fingerprint density at radius 2 is 2.33 bits per heavy atom. The topological polar surface area (TPSA) is 42.2 Å². The lowest BCUT2D eigenvalue weighted by molar-refractivity contribution is -0.138. The van der Waals surface area contributed by atoms with E-state index in [2.05, 4.69) is 34.3 Å². The SMILES string of the molecule is CC(C)n1cc2c(c1Br)CCC2C(=O)O. The molecule has 0 saturated heterocycles. The molecule has 1 N–H and O–H groups in total. The van der Waals surface area contributed by atoms with Crippen molar-refractivity contribution in [2.24, 2.45) is 0 Å². The minimum atomic E-state index is -0.706. The minimum absolute atomic E-state index is 0.309. The van der Waals surface area contributed by atoms with Gasteiger partial charge < -0.3 is 9.67 Å². The van der Waals surface area contributed by atoms with Gasteiger partial charge in [-0.2, -0.15) is 0 Å². The molecule has 1 heterocycles. The molecule has 3 nitrogen and oxygen atoms in total. The maximum Gasteiger partial charge on any atom is 0.311 e.